The Kier molecular flexibility index (Phi) is 5.48. The fourth-order valence-corrected chi connectivity index (χ4v) is 3.75. The third-order valence-corrected chi connectivity index (χ3v) is 5.60. The first-order valence-corrected chi connectivity index (χ1v) is 9.92. The highest BCUT2D eigenvalue weighted by atomic mass is 35.5. The number of hydrogen-bond acceptors (Lipinski definition) is 5. The van der Waals surface area contributed by atoms with Crippen LogP contribution in [0.5, 0.6) is 5.75 Å². The monoisotopic (exact) mass is 434 g/mol. The van der Waals surface area contributed by atoms with Gasteiger partial charge in [0, 0.05) is 22.5 Å². The van der Waals surface area contributed by atoms with Gasteiger partial charge < -0.3 is 9.84 Å². The maximum absolute atomic E-state index is 13.1. The number of halogens is 1. The standard InChI is InChI=1S/C24H19ClN2O4/c1-14-9-10-16(13-18(14)25)27-21(19-8-3-4-11-26-19)20(23(29)24(27)30)22(28)15-6-5-7-17(12-15)31-2/h3-13,21,28H,1-2H3/b22-20+. The van der Waals surface area contributed by atoms with Crippen molar-refractivity contribution < 1.29 is 19.4 Å². The van der Waals surface area contributed by atoms with Gasteiger partial charge in [-0.15, -0.1) is 0 Å². The number of anilines is 1. The number of ether oxygens (including phenoxy) is 1. The van der Waals surface area contributed by atoms with Crippen molar-refractivity contribution in [3.8, 4) is 5.75 Å². The molecule has 1 amide bonds. The molecule has 0 aliphatic carbocycles. The molecule has 1 unspecified atom stereocenters. The number of carbonyl (C=O) groups is 2. The quantitative estimate of drug-likeness (QED) is 0.366. The number of ketones is 1. The molecule has 0 spiro atoms. The molecule has 1 saturated heterocycles. The molecule has 1 N–H and O–H groups in total. The van der Waals surface area contributed by atoms with Gasteiger partial charge in [-0.3, -0.25) is 19.5 Å². The molecule has 1 fully saturated rings. The van der Waals surface area contributed by atoms with E-state index in [0.717, 1.165) is 5.56 Å². The number of rotatable bonds is 4. The molecule has 7 heteroatoms. The number of carbonyl (C=O) groups excluding carboxylic acids is 2. The molecule has 3 aromatic rings. The number of Topliss-reactive ketones (excluding diaryl/α,β-unsaturated/α-hetero) is 1. The Balaban J connectivity index is 1.94. The highest BCUT2D eigenvalue weighted by molar-refractivity contribution is 6.51. The van der Waals surface area contributed by atoms with Gasteiger partial charge in [0.05, 0.1) is 18.4 Å². The highest BCUT2D eigenvalue weighted by Gasteiger charge is 2.47. The van der Waals surface area contributed by atoms with Gasteiger partial charge in [-0.2, -0.15) is 0 Å². The van der Waals surface area contributed by atoms with Gasteiger partial charge in [-0.1, -0.05) is 35.9 Å². The summed E-state index contributed by atoms with van der Waals surface area (Å²) < 4.78 is 5.22. The maximum atomic E-state index is 13.1. The van der Waals surface area contributed by atoms with Crippen molar-refractivity contribution in [1.82, 2.24) is 4.98 Å². The molecule has 0 radical (unpaired) electrons. The molecule has 1 aliphatic rings. The second kappa shape index (κ2) is 8.24. The molecular formula is C24H19ClN2O4. The van der Waals surface area contributed by atoms with Crippen LogP contribution >= 0.6 is 11.6 Å². The smallest absolute Gasteiger partial charge is 0.300 e. The third-order valence-electron chi connectivity index (χ3n) is 5.19. The van der Waals surface area contributed by atoms with E-state index in [1.165, 1.54) is 12.0 Å². The Labute approximate surface area is 184 Å². The lowest BCUT2D eigenvalue weighted by Gasteiger charge is -2.25. The van der Waals surface area contributed by atoms with Gasteiger partial charge in [-0.05, 0) is 48.9 Å². The van der Waals surface area contributed by atoms with Crippen LogP contribution in [-0.2, 0) is 9.59 Å². The highest BCUT2D eigenvalue weighted by Crippen LogP contribution is 2.42. The lowest BCUT2D eigenvalue weighted by molar-refractivity contribution is -0.132. The first-order valence-electron chi connectivity index (χ1n) is 9.55. The number of aryl methyl sites for hydroxylation is 1. The van der Waals surface area contributed by atoms with E-state index in [4.69, 9.17) is 16.3 Å². The maximum Gasteiger partial charge on any atom is 0.300 e. The van der Waals surface area contributed by atoms with Gasteiger partial charge in [0.15, 0.2) is 0 Å². The van der Waals surface area contributed by atoms with Crippen molar-refractivity contribution in [1.29, 1.82) is 0 Å². The van der Waals surface area contributed by atoms with Crippen LogP contribution in [0.15, 0.2) is 72.4 Å². The van der Waals surface area contributed by atoms with Gasteiger partial charge in [0.1, 0.15) is 17.6 Å². The molecule has 4 rings (SSSR count). The van der Waals surface area contributed by atoms with E-state index in [-0.39, 0.29) is 11.3 Å². The molecule has 1 aliphatic heterocycles. The van der Waals surface area contributed by atoms with E-state index in [1.807, 2.05) is 6.92 Å². The Morgan fingerprint density at radius 1 is 1.10 bits per heavy atom. The predicted molar refractivity (Wildman–Crippen MR) is 118 cm³/mol. The number of methoxy groups -OCH3 is 1. The van der Waals surface area contributed by atoms with Crippen LogP contribution < -0.4 is 9.64 Å². The lowest BCUT2D eigenvalue weighted by Crippen LogP contribution is -2.29. The Bertz CT molecular complexity index is 1210. The van der Waals surface area contributed by atoms with Gasteiger partial charge in [0.25, 0.3) is 11.7 Å². The van der Waals surface area contributed by atoms with E-state index in [0.29, 0.717) is 27.7 Å². The summed E-state index contributed by atoms with van der Waals surface area (Å²) in [5, 5.41) is 11.6. The van der Waals surface area contributed by atoms with Crippen LogP contribution in [-0.4, -0.2) is 28.9 Å². The van der Waals surface area contributed by atoms with E-state index in [1.54, 1.807) is 66.9 Å². The summed E-state index contributed by atoms with van der Waals surface area (Å²) in [4.78, 5) is 31.9. The van der Waals surface area contributed by atoms with Crippen molar-refractivity contribution >= 4 is 34.7 Å². The Morgan fingerprint density at radius 3 is 2.58 bits per heavy atom. The second-order valence-corrected chi connectivity index (χ2v) is 7.50. The molecular weight excluding hydrogens is 416 g/mol. The number of aliphatic hydroxyl groups is 1. The number of aromatic nitrogens is 1. The minimum absolute atomic E-state index is 0.0475. The molecule has 1 atom stereocenters. The van der Waals surface area contributed by atoms with Crippen LogP contribution in [0.3, 0.4) is 0 Å². The predicted octanol–water partition coefficient (Wildman–Crippen LogP) is 4.68. The molecule has 2 heterocycles. The van der Waals surface area contributed by atoms with E-state index < -0.39 is 17.7 Å². The summed E-state index contributed by atoms with van der Waals surface area (Å²) in [6.07, 6.45) is 1.57. The number of benzene rings is 2. The Hall–Kier alpha value is -3.64. The van der Waals surface area contributed by atoms with Crippen molar-refractivity contribution in [2.24, 2.45) is 0 Å². The summed E-state index contributed by atoms with van der Waals surface area (Å²) in [7, 11) is 1.51. The lowest BCUT2D eigenvalue weighted by atomic mass is 9.98. The number of nitrogens with zero attached hydrogens (tertiary/aromatic N) is 2. The number of amides is 1. The average molecular weight is 435 g/mol. The Morgan fingerprint density at radius 2 is 1.90 bits per heavy atom. The molecule has 31 heavy (non-hydrogen) atoms. The minimum atomic E-state index is -0.911. The number of pyridine rings is 1. The number of hydrogen-bond donors (Lipinski definition) is 1. The summed E-state index contributed by atoms with van der Waals surface area (Å²) in [6.45, 7) is 1.85. The first kappa shape index (κ1) is 20.6. The van der Waals surface area contributed by atoms with Crippen LogP contribution in [0.1, 0.15) is 22.9 Å². The molecule has 2 aromatic carbocycles. The van der Waals surface area contributed by atoms with Crippen molar-refractivity contribution in [3.63, 3.8) is 0 Å². The fraction of sp³-hybridized carbons (Fsp3) is 0.125. The SMILES string of the molecule is COc1cccc(/C(O)=C2\C(=O)C(=O)N(c3ccc(C)c(Cl)c3)C2c2ccccn2)c1. The minimum Gasteiger partial charge on any atom is -0.507 e. The first-order chi connectivity index (χ1) is 14.9. The topological polar surface area (TPSA) is 79.7 Å². The zero-order chi connectivity index (χ0) is 22.1. The molecule has 156 valence electrons. The third kappa shape index (κ3) is 3.66. The molecule has 0 bridgehead atoms. The molecule has 6 nitrogen and oxygen atoms in total. The zero-order valence-electron chi connectivity index (χ0n) is 16.9. The van der Waals surface area contributed by atoms with E-state index in [2.05, 4.69) is 4.98 Å². The fourth-order valence-electron chi connectivity index (χ4n) is 3.57. The van der Waals surface area contributed by atoms with Crippen LogP contribution in [0, 0.1) is 6.92 Å². The zero-order valence-corrected chi connectivity index (χ0v) is 17.6. The van der Waals surface area contributed by atoms with Gasteiger partial charge in [-0.25, -0.2) is 0 Å². The van der Waals surface area contributed by atoms with Crippen LogP contribution in [0.2, 0.25) is 5.02 Å². The van der Waals surface area contributed by atoms with Crippen molar-refractivity contribution in [3.05, 3.63) is 94.3 Å². The van der Waals surface area contributed by atoms with Crippen molar-refractivity contribution in [2.75, 3.05) is 12.0 Å². The second-order valence-electron chi connectivity index (χ2n) is 7.09. The summed E-state index contributed by atoms with van der Waals surface area (Å²) in [5.41, 5.74) is 2.04. The van der Waals surface area contributed by atoms with Crippen LogP contribution in [0.4, 0.5) is 5.69 Å². The van der Waals surface area contributed by atoms with E-state index >= 15 is 0 Å². The van der Waals surface area contributed by atoms with Gasteiger partial charge >= 0.3 is 0 Å². The number of aliphatic hydroxyl groups excluding tert-OH is 1. The largest absolute Gasteiger partial charge is 0.507 e. The normalized spacial score (nSPS) is 17.8. The molecule has 1 aromatic heterocycles. The van der Waals surface area contributed by atoms with E-state index in [9.17, 15) is 14.7 Å². The van der Waals surface area contributed by atoms with Gasteiger partial charge in [0.2, 0.25) is 0 Å². The summed E-state index contributed by atoms with van der Waals surface area (Å²) in [5.74, 6) is -1.35. The van der Waals surface area contributed by atoms with Crippen molar-refractivity contribution in [2.45, 2.75) is 13.0 Å². The molecule has 0 saturated carbocycles. The summed E-state index contributed by atoms with van der Waals surface area (Å²) in [6, 6.07) is 16.1. The average Bonchev–Trinajstić information content (AvgIpc) is 3.06. The summed E-state index contributed by atoms with van der Waals surface area (Å²) >= 11 is 6.28. The van der Waals surface area contributed by atoms with Crippen LogP contribution in [0.25, 0.3) is 5.76 Å².